The summed E-state index contributed by atoms with van der Waals surface area (Å²) < 4.78 is 0. The van der Waals surface area contributed by atoms with Crippen molar-refractivity contribution in [3.05, 3.63) is 24.3 Å². The van der Waals surface area contributed by atoms with Gasteiger partial charge >= 0.3 is 0 Å². The van der Waals surface area contributed by atoms with E-state index < -0.39 is 0 Å². The number of rotatable bonds is 0. The summed E-state index contributed by atoms with van der Waals surface area (Å²) in [6, 6.07) is 0. The van der Waals surface area contributed by atoms with E-state index in [0.717, 1.165) is 0 Å². The third-order valence-corrected chi connectivity index (χ3v) is 4.87. The topological polar surface area (TPSA) is 0 Å². The molecule has 128 valence electrons. The van der Waals surface area contributed by atoms with Crippen molar-refractivity contribution in [2.75, 3.05) is 0 Å². The van der Waals surface area contributed by atoms with Crippen LogP contribution in [-0.4, -0.2) is 0 Å². The summed E-state index contributed by atoms with van der Waals surface area (Å²) in [5.41, 5.74) is 0. The van der Waals surface area contributed by atoms with Crippen molar-refractivity contribution in [1.82, 2.24) is 0 Å². The van der Waals surface area contributed by atoms with Crippen LogP contribution in [0.1, 0.15) is 116 Å². The zero-order chi connectivity index (χ0) is 15.6. The van der Waals surface area contributed by atoms with Crippen molar-refractivity contribution >= 4 is 0 Å². The van der Waals surface area contributed by atoms with Gasteiger partial charge in [-0.2, -0.15) is 0 Å². The first-order chi connectivity index (χ1) is 11.0. The highest BCUT2D eigenvalue weighted by Gasteiger charge is 1.94. The highest BCUT2D eigenvalue weighted by molar-refractivity contribution is 5.02. The lowest BCUT2D eigenvalue weighted by atomic mass is 10.0. The van der Waals surface area contributed by atoms with Crippen molar-refractivity contribution < 1.29 is 0 Å². The van der Waals surface area contributed by atoms with Crippen molar-refractivity contribution in [3.8, 4) is 0 Å². The fourth-order valence-electron chi connectivity index (χ4n) is 3.35. The molecule has 0 atom stereocenters. The molecule has 0 radical (unpaired) electrons. The van der Waals surface area contributed by atoms with E-state index in [9.17, 15) is 0 Å². The molecule has 0 nitrogen and oxygen atoms in total. The Morgan fingerprint density at radius 2 is 0.500 bits per heavy atom. The summed E-state index contributed by atoms with van der Waals surface area (Å²) in [4.78, 5) is 0. The van der Waals surface area contributed by atoms with Crippen LogP contribution in [0.3, 0.4) is 0 Å². The van der Waals surface area contributed by atoms with Crippen molar-refractivity contribution in [2.24, 2.45) is 0 Å². The molecular weight excluding hydrogens is 264 g/mol. The summed E-state index contributed by atoms with van der Waals surface area (Å²) in [5, 5.41) is 0. The van der Waals surface area contributed by atoms with Crippen molar-refractivity contribution in [1.29, 1.82) is 0 Å². The van der Waals surface area contributed by atoms with Gasteiger partial charge in [0, 0.05) is 0 Å². The number of allylic oxidation sites excluding steroid dienone is 4. The van der Waals surface area contributed by atoms with Gasteiger partial charge in [0.2, 0.25) is 0 Å². The predicted octanol–water partition coefficient (Wildman–Crippen LogP) is 8.13. The Kier molecular flexibility index (Phi) is 15.0. The summed E-state index contributed by atoms with van der Waals surface area (Å²) >= 11 is 0. The largest absolute Gasteiger partial charge is 0.0845 e. The maximum absolute atomic E-state index is 2.35. The summed E-state index contributed by atoms with van der Waals surface area (Å²) in [6.45, 7) is 0. The zero-order valence-electron chi connectivity index (χ0n) is 15.0. The Balaban J connectivity index is 2.10. The van der Waals surface area contributed by atoms with Gasteiger partial charge in [-0.05, 0) is 25.7 Å². The first-order valence-corrected chi connectivity index (χ1v) is 10.3. The van der Waals surface area contributed by atoms with Gasteiger partial charge in [-0.25, -0.2) is 0 Å². The first-order valence-electron chi connectivity index (χ1n) is 10.3. The standard InChI is InChI=1S/C22H40/c1-2-4-6-8-10-12-14-16-18-20-22-21-19-17-15-13-11-9-7-5-3-1/h1-4H,5-22H2/b3-1-,4-2?. The molecule has 0 saturated heterocycles. The second-order valence-corrected chi connectivity index (χ2v) is 7.09. The van der Waals surface area contributed by atoms with Gasteiger partial charge in [0.25, 0.3) is 0 Å². The molecule has 1 aliphatic rings. The van der Waals surface area contributed by atoms with Crippen LogP contribution in [0.25, 0.3) is 0 Å². The molecule has 0 unspecified atom stereocenters. The van der Waals surface area contributed by atoms with Crippen LogP contribution in [0.4, 0.5) is 0 Å². The second-order valence-electron chi connectivity index (χ2n) is 7.09. The van der Waals surface area contributed by atoms with E-state index in [1.54, 1.807) is 0 Å². The fourth-order valence-corrected chi connectivity index (χ4v) is 3.35. The average Bonchev–Trinajstić information content (AvgIpc) is 2.53. The molecule has 0 fully saturated rings. The first kappa shape index (κ1) is 19.5. The molecule has 0 bridgehead atoms. The Morgan fingerprint density at radius 3 is 0.773 bits per heavy atom. The van der Waals surface area contributed by atoms with E-state index >= 15 is 0 Å². The highest BCUT2D eigenvalue weighted by Crippen LogP contribution is 2.14. The molecule has 0 spiro atoms. The zero-order valence-corrected chi connectivity index (χ0v) is 15.0. The minimum atomic E-state index is 1.27. The molecule has 0 aromatic rings. The maximum Gasteiger partial charge on any atom is -0.0348 e. The lowest BCUT2D eigenvalue weighted by Gasteiger charge is -2.03. The quantitative estimate of drug-likeness (QED) is 0.423. The van der Waals surface area contributed by atoms with E-state index in [1.165, 1.54) is 116 Å². The smallest absolute Gasteiger partial charge is 0.0348 e. The molecule has 0 aromatic heterocycles. The van der Waals surface area contributed by atoms with Gasteiger partial charge in [-0.15, -0.1) is 0 Å². The van der Waals surface area contributed by atoms with Crippen LogP contribution < -0.4 is 0 Å². The Labute approximate surface area is 140 Å². The van der Waals surface area contributed by atoms with Gasteiger partial charge in [-0.3, -0.25) is 0 Å². The predicted molar refractivity (Wildman–Crippen MR) is 101 cm³/mol. The molecule has 0 N–H and O–H groups in total. The molecule has 0 saturated carbocycles. The normalized spacial score (nSPS) is 24.0. The summed E-state index contributed by atoms with van der Waals surface area (Å²) in [7, 11) is 0. The van der Waals surface area contributed by atoms with Gasteiger partial charge in [-0.1, -0.05) is 114 Å². The van der Waals surface area contributed by atoms with Crippen LogP contribution in [0.15, 0.2) is 24.3 Å². The Morgan fingerprint density at radius 1 is 0.273 bits per heavy atom. The van der Waals surface area contributed by atoms with E-state index in [0.29, 0.717) is 0 Å². The molecule has 0 aliphatic heterocycles. The molecule has 1 aliphatic carbocycles. The minimum Gasteiger partial charge on any atom is -0.0845 e. The van der Waals surface area contributed by atoms with E-state index in [-0.39, 0.29) is 0 Å². The third-order valence-electron chi connectivity index (χ3n) is 4.87. The molecule has 0 heteroatoms. The summed E-state index contributed by atoms with van der Waals surface area (Å²) in [6.07, 6.45) is 35.0. The Bertz CT molecular complexity index is 233. The van der Waals surface area contributed by atoms with Crippen LogP contribution in [0.5, 0.6) is 0 Å². The lowest BCUT2D eigenvalue weighted by molar-refractivity contribution is 0.528. The van der Waals surface area contributed by atoms with Gasteiger partial charge in [0.15, 0.2) is 0 Å². The maximum atomic E-state index is 2.35. The molecule has 0 aromatic carbocycles. The molecule has 1 rings (SSSR count). The molecular formula is C22H40. The number of hydrogen-bond donors (Lipinski definition) is 0. The SMILES string of the molecule is C1=CCCCCCCCCCCCCCCCCCC/C=C\1. The van der Waals surface area contributed by atoms with Crippen LogP contribution in [-0.2, 0) is 0 Å². The highest BCUT2D eigenvalue weighted by atomic mass is 14.0. The second kappa shape index (κ2) is 16.8. The number of hydrogen-bond acceptors (Lipinski definition) is 0. The molecule has 0 amide bonds. The van der Waals surface area contributed by atoms with Crippen LogP contribution in [0, 0.1) is 0 Å². The van der Waals surface area contributed by atoms with Crippen molar-refractivity contribution in [2.45, 2.75) is 116 Å². The summed E-state index contributed by atoms with van der Waals surface area (Å²) in [5.74, 6) is 0. The lowest BCUT2D eigenvalue weighted by Crippen LogP contribution is -1.84. The van der Waals surface area contributed by atoms with E-state index in [1.807, 2.05) is 0 Å². The monoisotopic (exact) mass is 304 g/mol. The minimum absolute atomic E-state index is 1.27. The average molecular weight is 305 g/mol. The van der Waals surface area contributed by atoms with Gasteiger partial charge in [0.1, 0.15) is 0 Å². The van der Waals surface area contributed by atoms with Crippen LogP contribution >= 0.6 is 0 Å². The van der Waals surface area contributed by atoms with Crippen LogP contribution in [0.2, 0.25) is 0 Å². The van der Waals surface area contributed by atoms with E-state index in [2.05, 4.69) is 24.3 Å². The Hall–Kier alpha value is -0.520. The van der Waals surface area contributed by atoms with Gasteiger partial charge < -0.3 is 0 Å². The molecule has 0 heterocycles. The third kappa shape index (κ3) is 14.4. The fraction of sp³-hybridized carbons (Fsp3) is 0.818. The van der Waals surface area contributed by atoms with Crippen molar-refractivity contribution in [3.63, 3.8) is 0 Å². The molecule has 22 heavy (non-hydrogen) atoms. The van der Waals surface area contributed by atoms with E-state index in [4.69, 9.17) is 0 Å². The van der Waals surface area contributed by atoms with Gasteiger partial charge in [0.05, 0.1) is 0 Å².